The average Bonchev–Trinajstić information content (AvgIpc) is 2.45. The SMILES string of the molecule is CC(CN)(Cc1ccc(Br)cc1)Nc1cc(F)ccc1Cl. The quantitative estimate of drug-likeness (QED) is 0.805. The molecule has 0 saturated heterocycles. The highest BCUT2D eigenvalue weighted by Crippen LogP contribution is 2.27. The third-order valence-electron chi connectivity index (χ3n) is 3.32. The van der Waals surface area contributed by atoms with E-state index in [0.717, 1.165) is 10.0 Å². The lowest BCUT2D eigenvalue weighted by Crippen LogP contribution is -2.44. The first-order valence-corrected chi connectivity index (χ1v) is 7.77. The van der Waals surface area contributed by atoms with Crippen molar-refractivity contribution in [2.45, 2.75) is 18.9 Å². The molecule has 2 aromatic rings. The Morgan fingerprint density at radius 1 is 1.24 bits per heavy atom. The Balaban J connectivity index is 2.20. The molecule has 3 N–H and O–H groups in total. The molecule has 2 rings (SSSR count). The first kappa shape index (κ1) is 16.3. The summed E-state index contributed by atoms with van der Waals surface area (Å²) in [7, 11) is 0. The number of hydrogen-bond acceptors (Lipinski definition) is 2. The van der Waals surface area contributed by atoms with Crippen LogP contribution in [0, 0.1) is 5.82 Å². The minimum Gasteiger partial charge on any atom is -0.377 e. The number of hydrogen-bond donors (Lipinski definition) is 2. The van der Waals surface area contributed by atoms with Crippen LogP contribution in [0.25, 0.3) is 0 Å². The van der Waals surface area contributed by atoms with E-state index in [1.807, 2.05) is 31.2 Å². The van der Waals surface area contributed by atoms with E-state index in [-0.39, 0.29) is 5.82 Å². The number of halogens is 3. The molecule has 0 bridgehead atoms. The van der Waals surface area contributed by atoms with Gasteiger partial charge in [0.25, 0.3) is 0 Å². The van der Waals surface area contributed by atoms with Crippen LogP contribution in [0.1, 0.15) is 12.5 Å². The molecule has 2 aromatic carbocycles. The van der Waals surface area contributed by atoms with Crippen LogP contribution in [0.2, 0.25) is 5.02 Å². The van der Waals surface area contributed by atoms with Gasteiger partial charge in [-0.3, -0.25) is 0 Å². The number of anilines is 1. The van der Waals surface area contributed by atoms with Crippen LogP contribution in [0.15, 0.2) is 46.9 Å². The number of nitrogens with one attached hydrogen (secondary N) is 1. The molecular formula is C16H17BrClFN2. The predicted octanol–water partition coefficient (Wildman–Crippen LogP) is 4.61. The molecule has 0 amide bonds. The van der Waals surface area contributed by atoms with Crippen molar-refractivity contribution < 1.29 is 4.39 Å². The van der Waals surface area contributed by atoms with Gasteiger partial charge in [-0.05, 0) is 49.2 Å². The molecule has 0 aromatic heterocycles. The largest absolute Gasteiger partial charge is 0.377 e. The van der Waals surface area contributed by atoms with Crippen molar-refractivity contribution >= 4 is 33.2 Å². The maximum atomic E-state index is 13.4. The third kappa shape index (κ3) is 4.43. The smallest absolute Gasteiger partial charge is 0.125 e. The van der Waals surface area contributed by atoms with Crippen molar-refractivity contribution in [1.82, 2.24) is 0 Å². The van der Waals surface area contributed by atoms with Crippen molar-refractivity contribution in [3.8, 4) is 0 Å². The number of rotatable bonds is 5. The van der Waals surface area contributed by atoms with Crippen molar-refractivity contribution in [1.29, 1.82) is 0 Å². The summed E-state index contributed by atoms with van der Waals surface area (Å²) in [6.07, 6.45) is 0.712. The Morgan fingerprint density at radius 2 is 1.90 bits per heavy atom. The van der Waals surface area contributed by atoms with E-state index in [4.69, 9.17) is 17.3 Å². The summed E-state index contributed by atoms with van der Waals surface area (Å²) in [5.74, 6) is -0.329. The van der Waals surface area contributed by atoms with E-state index in [2.05, 4.69) is 21.2 Å². The minimum atomic E-state index is -0.411. The second-order valence-electron chi connectivity index (χ2n) is 5.32. The van der Waals surface area contributed by atoms with E-state index in [0.29, 0.717) is 23.7 Å². The fourth-order valence-electron chi connectivity index (χ4n) is 2.14. The van der Waals surface area contributed by atoms with Gasteiger partial charge in [0.05, 0.1) is 16.2 Å². The summed E-state index contributed by atoms with van der Waals surface area (Å²) < 4.78 is 14.4. The van der Waals surface area contributed by atoms with Gasteiger partial charge in [0.2, 0.25) is 0 Å². The summed E-state index contributed by atoms with van der Waals surface area (Å²) >= 11 is 9.52. The fraction of sp³-hybridized carbons (Fsp3) is 0.250. The molecule has 2 nitrogen and oxygen atoms in total. The van der Waals surface area contributed by atoms with Crippen LogP contribution in [-0.2, 0) is 6.42 Å². The second-order valence-corrected chi connectivity index (χ2v) is 6.64. The van der Waals surface area contributed by atoms with Gasteiger partial charge in [-0.25, -0.2) is 4.39 Å². The molecule has 0 radical (unpaired) electrons. The Labute approximate surface area is 137 Å². The van der Waals surface area contributed by atoms with E-state index in [1.165, 1.54) is 18.2 Å². The highest BCUT2D eigenvalue weighted by Gasteiger charge is 2.24. The molecule has 112 valence electrons. The van der Waals surface area contributed by atoms with Gasteiger partial charge >= 0.3 is 0 Å². The Kier molecular flexibility index (Phi) is 5.25. The molecular weight excluding hydrogens is 355 g/mol. The molecule has 21 heavy (non-hydrogen) atoms. The summed E-state index contributed by atoms with van der Waals surface area (Å²) in [5, 5.41) is 3.75. The zero-order chi connectivity index (χ0) is 15.5. The van der Waals surface area contributed by atoms with Gasteiger partial charge in [-0.1, -0.05) is 39.7 Å². The highest BCUT2D eigenvalue weighted by atomic mass is 79.9. The lowest BCUT2D eigenvalue weighted by molar-refractivity contribution is 0.520. The molecule has 0 fully saturated rings. The molecule has 0 aliphatic heterocycles. The van der Waals surface area contributed by atoms with Crippen molar-refractivity contribution in [2.75, 3.05) is 11.9 Å². The van der Waals surface area contributed by atoms with E-state index >= 15 is 0 Å². The maximum Gasteiger partial charge on any atom is 0.125 e. The van der Waals surface area contributed by atoms with Crippen LogP contribution >= 0.6 is 27.5 Å². The monoisotopic (exact) mass is 370 g/mol. The first-order chi connectivity index (χ1) is 9.92. The average molecular weight is 372 g/mol. The molecule has 1 unspecified atom stereocenters. The number of nitrogens with two attached hydrogens (primary N) is 1. The van der Waals surface area contributed by atoms with Crippen LogP contribution in [0.3, 0.4) is 0 Å². The summed E-state index contributed by atoms with van der Waals surface area (Å²) in [6.45, 7) is 2.40. The summed E-state index contributed by atoms with van der Waals surface area (Å²) in [6, 6.07) is 12.3. The van der Waals surface area contributed by atoms with Crippen molar-refractivity contribution in [3.05, 3.63) is 63.3 Å². The van der Waals surface area contributed by atoms with E-state index in [1.54, 1.807) is 0 Å². The summed E-state index contributed by atoms with van der Waals surface area (Å²) in [5.41, 5.74) is 7.20. The van der Waals surface area contributed by atoms with Gasteiger partial charge in [-0.15, -0.1) is 0 Å². The van der Waals surface area contributed by atoms with Crippen LogP contribution in [0.4, 0.5) is 10.1 Å². The first-order valence-electron chi connectivity index (χ1n) is 6.60. The van der Waals surface area contributed by atoms with Gasteiger partial charge in [0.1, 0.15) is 5.82 Å². The van der Waals surface area contributed by atoms with Crippen LogP contribution in [0.5, 0.6) is 0 Å². The third-order valence-corrected chi connectivity index (χ3v) is 4.18. The van der Waals surface area contributed by atoms with Gasteiger partial charge in [0, 0.05) is 11.0 Å². The molecule has 5 heteroatoms. The zero-order valence-corrected chi connectivity index (χ0v) is 14.0. The van der Waals surface area contributed by atoms with Crippen molar-refractivity contribution in [3.63, 3.8) is 0 Å². The zero-order valence-electron chi connectivity index (χ0n) is 11.7. The second kappa shape index (κ2) is 6.77. The van der Waals surface area contributed by atoms with Gasteiger partial charge in [0.15, 0.2) is 0 Å². The van der Waals surface area contributed by atoms with Gasteiger partial charge in [-0.2, -0.15) is 0 Å². The van der Waals surface area contributed by atoms with E-state index in [9.17, 15) is 4.39 Å². The van der Waals surface area contributed by atoms with Gasteiger partial charge < -0.3 is 11.1 Å². The molecule has 0 heterocycles. The number of benzene rings is 2. The molecule has 0 aliphatic carbocycles. The molecule has 0 spiro atoms. The predicted molar refractivity (Wildman–Crippen MR) is 90.3 cm³/mol. The Hall–Kier alpha value is -1.10. The van der Waals surface area contributed by atoms with Crippen molar-refractivity contribution in [2.24, 2.45) is 5.73 Å². The minimum absolute atomic E-state index is 0.329. The lowest BCUT2D eigenvalue weighted by Gasteiger charge is -2.31. The maximum absolute atomic E-state index is 13.4. The van der Waals surface area contributed by atoms with Crippen LogP contribution in [-0.4, -0.2) is 12.1 Å². The highest BCUT2D eigenvalue weighted by molar-refractivity contribution is 9.10. The molecule has 0 saturated carbocycles. The Morgan fingerprint density at radius 3 is 2.52 bits per heavy atom. The Bertz CT molecular complexity index is 618. The topological polar surface area (TPSA) is 38.0 Å². The van der Waals surface area contributed by atoms with E-state index < -0.39 is 5.54 Å². The molecule has 1 atom stereocenters. The molecule has 0 aliphatic rings. The standard InChI is InChI=1S/C16H17BrClFN2/c1-16(10-20,9-11-2-4-12(17)5-3-11)21-15-8-13(19)6-7-14(15)18/h2-8,21H,9-10,20H2,1H3. The van der Waals surface area contributed by atoms with Crippen LogP contribution < -0.4 is 11.1 Å². The normalized spacial score (nSPS) is 13.8. The lowest BCUT2D eigenvalue weighted by atomic mass is 9.92. The summed E-state index contributed by atoms with van der Waals surface area (Å²) in [4.78, 5) is 0. The fourth-order valence-corrected chi connectivity index (χ4v) is 2.57.